The van der Waals surface area contributed by atoms with E-state index in [0.717, 1.165) is 10.0 Å². The number of hydrogen-bond acceptors (Lipinski definition) is 6. The van der Waals surface area contributed by atoms with Crippen LogP contribution in [0.1, 0.15) is 32.2 Å². The molecule has 0 saturated carbocycles. The predicted octanol–water partition coefficient (Wildman–Crippen LogP) is 4.34. The molecule has 1 saturated heterocycles. The van der Waals surface area contributed by atoms with Crippen LogP contribution < -0.4 is 10.3 Å². The lowest BCUT2D eigenvalue weighted by atomic mass is 9.95. The van der Waals surface area contributed by atoms with Gasteiger partial charge in [0.1, 0.15) is 11.6 Å². The average Bonchev–Trinajstić information content (AvgIpc) is 2.83. The lowest BCUT2D eigenvalue weighted by Gasteiger charge is -2.26. The maximum atomic E-state index is 13.3. The van der Waals surface area contributed by atoms with Crippen molar-refractivity contribution in [1.29, 1.82) is 0 Å². The van der Waals surface area contributed by atoms with Crippen molar-refractivity contribution in [3.05, 3.63) is 67.1 Å². The van der Waals surface area contributed by atoms with Crippen LogP contribution in [-0.2, 0) is 14.9 Å². The average molecular weight is 606 g/mol. The van der Waals surface area contributed by atoms with E-state index in [1.165, 1.54) is 4.68 Å². The molecule has 0 spiro atoms. The van der Waals surface area contributed by atoms with Gasteiger partial charge < -0.3 is 14.4 Å². The molecule has 0 atom stereocenters. The molecule has 0 radical (unpaired) electrons. The Morgan fingerprint density at radius 1 is 1.17 bits per heavy atom. The van der Waals surface area contributed by atoms with Crippen LogP contribution in [0.3, 0.4) is 0 Å². The van der Waals surface area contributed by atoms with Crippen LogP contribution in [0.25, 0.3) is 10.9 Å². The summed E-state index contributed by atoms with van der Waals surface area (Å²) in [5, 5.41) is 4.98. The number of halogens is 2. The summed E-state index contributed by atoms with van der Waals surface area (Å²) in [6.07, 6.45) is 1.61. The van der Waals surface area contributed by atoms with E-state index in [-0.39, 0.29) is 18.1 Å². The van der Waals surface area contributed by atoms with E-state index < -0.39 is 5.41 Å². The van der Waals surface area contributed by atoms with Gasteiger partial charge >= 0.3 is 0 Å². The van der Waals surface area contributed by atoms with E-state index in [4.69, 9.17) is 14.5 Å². The van der Waals surface area contributed by atoms with Crippen molar-refractivity contribution in [1.82, 2.24) is 14.6 Å². The maximum Gasteiger partial charge on any atom is 0.282 e. The highest BCUT2D eigenvalue weighted by Gasteiger charge is 2.23. The van der Waals surface area contributed by atoms with Crippen molar-refractivity contribution >= 4 is 54.9 Å². The fourth-order valence-electron chi connectivity index (χ4n) is 3.62. The number of benzene rings is 2. The van der Waals surface area contributed by atoms with Gasteiger partial charge in [-0.3, -0.25) is 9.59 Å². The molecule has 1 amide bonds. The topological polar surface area (TPSA) is 86.0 Å². The lowest BCUT2D eigenvalue weighted by Crippen LogP contribution is -2.43. The number of ether oxygens (including phenoxy) is 2. The number of carbonyl (C=O) groups is 1. The van der Waals surface area contributed by atoms with Gasteiger partial charge in [0.05, 0.1) is 34.8 Å². The van der Waals surface area contributed by atoms with Gasteiger partial charge in [0.15, 0.2) is 6.61 Å². The van der Waals surface area contributed by atoms with Gasteiger partial charge in [-0.05, 0) is 57.9 Å². The number of hydrogen-bond donors (Lipinski definition) is 0. The van der Waals surface area contributed by atoms with Crippen LogP contribution in [0, 0.1) is 0 Å². The molecule has 2 aromatic carbocycles. The van der Waals surface area contributed by atoms with Crippen LogP contribution in [-0.4, -0.2) is 59.6 Å². The third-order valence-corrected chi connectivity index (χ3v) is 6.59. The molecule has 1 aliphatic rings. The molecule has 8 nitrogen and oxygen atoms in total. The fraction of sp³-hybridized carbons (Fsp3) is 0.360. The Labute approximate surface area is 220 Å². The number of rotatable bonds is 5. The Morgan fingerprint density at radius 2 is 1.91 bits per heavy atom. The standard InChI is InChI=1S/C25H26Br2N4O4/c1-25(2,3)24-29-20-6-5-17(26)13-18(20)23(33)31(24)28-14-16-4-7-21(19(27)12-16)35-15-22(32)30-8-10-34-11-9-30/h4-7,12-14H,8-11,15H2,1-3H3. The van der Waals surface area contributed by atoms with Gasteiger partial charge in [-0.1, -0.05) is 36.7 Å². The first-order valence-corrected chi connectivity index (χ1v) is 12.8. The quantitative estimate of drug-likeness (QED) is 0.404. The summed E-state index contributed by atoms with van der Waals surface area (Å²) in [6, 6.07) is 10.8. The highest BCUT2D eigenvalue weighted by atomic mass is 79.9. The maximum absolute atomic E-state index is 13.3. The summed E-state index contributed by atoms with van der Waals surface area (Å²) in [6.45, 7) is 8.19. The number of fused-ring (bicyclic) bond motifs is 1. The van der Waals surface area contributed by atoms with Gasteiger partial charge in [-0.15, -0.1) is 0 Å². The Balaban J connectivity index is 1.57. The monoisotopic (exact) mass is 604 g/mol. The Bertz CT molecular complexity index is 1340. The number of nitrogens with zero attached hydrogens (tertiary/aromatic N) is 4. The molecule has 0 aliphatic carbocycles. The van der Waals surface area contributed by atoms with E-state index in [9.17, 15) is 9.59 Å². The summed E-state index contributed by atoms with van der Waals surface area (Å²) in [4.78, 5) is 32.1. The van der Waals surface area contributed by atoms with Gasteiger partial charge in [-0.25, -0.2) is 4.98 Å². The molecule has 2 heterocycles. The lowest BCUT2D eigenvalue weighted by molar-refractivity contribution is -0.137. The number of morpholine rings is 1. The molecule has 0 bridgehead atoms. The van der Waals surface area contributed by atoms with Crippen molar-refractivity contribution in [3.8, 4) is 5.75 Å². The first kappa shape index (κ1) is 25.5. The highest BCUT2D eigenvalue weighted by Crippen LogP contribution is 2.26. The zero-order chi connectivity index (χ0) is 25.2. The zero-order valence-electron chi connectivity index (χ0n) is 19.8. The molecule has 1 fully saturated rings. The van der Waals surface area contributed by atoms with E-state index in [0.29, 0.717) is 53.3 Å². The summed E-state index contributed by atoms with van der Waals surface area (Å²) < 4.78 is 13.8. The van der Waals surface area contributed by atoms with Crippen LogP contribution in [0.5, 0.6) is 5.75 Å². The van der Waals surface area contributed by atoms with Crippen LogP contribution in [0.15, 0.2) is 55.2 Å². The Morgan fingerprint density at radius 3 is 2.60 bits per heavy atom. The normalized spacial score (nSPS) is 14.6. The van der Waals surface area contributed by atoms with Gasteiger partial charge in [0, 0.05) is 23.0 Å². The van der Waals surface area contributed by atoms with E-state index in [1.807, 2.05) is 45.0 Å². The molecule has 0 N–H and O–H groups in total. The van der Waals surface area contributed by atoms with Crippen molar-refractivity contribution in [2.24, 2.45) is 5.10 Å². The smallest absolute Gasteiger partial charge is 0.282 e. The van der Waals surface area contributed by atoms with E-state index in [2.05, 4.69) is 37.0 Å². The third-order valence-electron chi connectivity index (χ3n) is 5.47. The molecule has 3 aromatic rings. The summed E-state index contributed by atoms with van der Waals surface area (Å²) in [5.41, 5.74) is 0.747. The molecular weight excluding hydrogens is 580 g/mol. The van der Waals surface area contributed by atoms with E-state index >= 15 is 0 Å². The number of amides is 1. The first-order chi connectivity index (χ1) is 16.6. The third kappa shape index (κ3) is 5.99. The minimum absolute atomic E-state index is 0.0469. The predicted molar refractivity (Wildman–Crippen MR) is 142 cm³/mol. The van der Waals surface area contributed by atoms with Crippen molar-refractivity contribution in [3.63, 3.8) is 0 Å². The second-order valence-electron chi connectivity index (χ2n) is 9.18. The largest absolute Gasteiger partial charge is 0.483 e. The summed E-state index contributed by atoms with van der Waals surface area (Å²) in [7, 11) is 0. The number of aromatic nitrogens is 2. The summed E-state index contributed by atoms with van der Waals surface area (Å²) >= 11 is 6.93. The van der Waals surface area contributed by atoms with Gasteiger partial charge in [0.2, 0.25) is 0 Å². The molecule has 1 aromatic heterocycles. The Hall–Kier alpha value is -2.56. The number of carbonyl (C=O) groups excluding carboxylic acids is 1. The fourth-order valence-corrected chi connectivity index (χ4v) is 4.50. The van der Waals surface area contributed by atoms with Crippen molar-refractivity contribution in [2.45, 2.75) is 26.2 Å². The van der Waals surface area contributed by atoms with Crippen LogP contribution in [0.4, 0.5) is 0 Å². The Kier molecular flexibility index (Phi) is 7.73. The highest BCUT2D eigenvalue weighted by molar-refractivity contribution is 9.10. The van der Waals surface area contributed by atoms with Gasteiger partial charge in [-0.2, -0.15) is 9.78 Å². The molecule has 10 heteroatoms. The summed E-state index contributed by atoms with van der Waals surface area (Å²) in [5.74, 6) is 1.04. The second kappa shape index (κ2) is 10.6. The molecule has 4 rings (SSSR count). The van der Waals surface area contributed by atoms with Crippen LogP contribution in [0.2, 0.25) is 0 Å². The van der Waals surface area contributed by atoms with Gasteiger partial charge in [0.25, 0.3) is 11.5 Å². The van der Waals surface area contributed by atoms with Crippen molar-refractivity contribution < 1.29 is 14.3 Å². The minimum atomic E-state index is -0.400. The van der Waals surface area contributed by atoms with Crippen LogP contribution >= 0.6 is 31.9 Å². The molecular formula is C25H26Br2N4O4. The molecule has 184 valence electrons. The zero-order valence-corrected chi connectivity index (χ0v) is 22.9. The molecule has 35 heavy (non-hydrogen) atoms. The molecule has 0 unspecified atom stereocenters. The van der Waals surface area contributed by atoms with E-state index in [1.54, 1.807) is 23.2 Å². The first-order valence-electron chi connectivity index (χ1n) is 11.2. The van der Waals surface area contributed by atoms with Crippen molar-refractivity contribution in [2.75, 3.05) is 32.9 Å². The second-order valence-corrected chi connectivity index (χ2v) is 11.0. The SMILES string of the molecule is CC(C)(C)c1nc2ccc(Br)cc2c(=O)n1N=Cc1ccc(OCC(=O)N2CCOCC2)c(Br)c1. The molecule has 1 aliphatic heterocycles. The minimum Gasteiger partial charge on any atom is -0.483 e.